The Morgan fingerprint density at radius 2 is 1.82 bits per heavy atom. The maximum atomic E-state index is 12.9. The molecule has 0 amide bonds. The van der Waals surface area contributed by atoms with E-state index in [1.165, 1.54) is 24.4 Å². The molecule has 0 aliphatic heterocycles. The van der Waals surface area contributed by atoms with E-state index in [9.17, 15) is 9.60 Å². The van der Waals surface area contributed by atoms with Crippen molar-refractivity contribution in [3.8, 4) is 0 Å². The molecule has 0 saturated carbocycles. The summed E-state index contributed by atoms with van der Waals surface area (Å²) in [5.41, 5.74) is 1.88. The van der Waals surface area contributed by atoms with Crippen LogP contribution in [0, 0.1) is 17.9 Å². The van der Waals surface area contributed by atoms with Gasteiger partial charge >= 0.3 is 0 Å². The van der Waals surface area contributed by atoms with Crippen molar-refractivity contribution >= 4 is 11.9 Å². The molecule has 0 aromatic heterocycles. The summed E-state index contributed by atoms with van der Waals surface area (Å²) in [7, 11) is 0. The summed E-state index contributed by atoms with van der Waals surface area (Å²) in [5.74, 6) is -0.334. The van der Waals surface area contributed by atoms with E-state index in [0.717, 1.165) is 10.3 Å². The van der Waals surface area contributed by atoms with E-state index in [0.29, 0.717) is 11.3 Å². The topological polar surface area (TPSA) is 26.1 Å². The van der Waals surface area contributed by atoms with Crippen LogP contribution in [0.25, 0.3) is 0 Å². The molecule has 2 rings (SSSR count). The third kappa shape index (κ3) is 2.69. The summed E-state index contributed by atoms with van der Waals surface area (Å²) < 4.78 is 13.7. The summed E-state index contributed by atoms with van der Waals surface area (Å²) in [6.45, 7) is 1.71. The van der Waals surface area contributed by atoms with Crippen molar-refractivity contribution in [1.29, 1.82) is 0 Å². The van der Waals surface area contributed by atoms with Crippen molar-refractivity contribution in [2.45, 2.75) is 6.92 Å². The molecule has 0 N–H and O–H groups in total. The Bertz CT molecular complexity index is 549. The average molecular weight is 229 g/mol. The van der Waals surface area contributed by atoms with Crippen LogP contribution in [-0.4, -0.2) is 11.0 Å². The first-order valence-corrected chi connectivity index (χ1v) is 5.29. The van der Waals surface area contributed by atoms with Crippen molar-refractivity contribution in [3.63, 3.8) is 0 Å². The lowest BCUT2D eigenvalue weighted by molar-refractivity contribution is -0.355. The molecule has 0 radical (unpaired) electrons. The van der Waals surface area contributed by atoms with Gasteiger partial charge in [0.25, 0.3) is 0 Å². The maximum absolute atomic E-state index is 12.9. The first-order chi connectivity index (χ1) is 8.16. The monoisotopic (exact) mass is 229 g/mol. The number of aryl methyl sites for hydroxylation is 1. The van der Waals surface area contributed by atoms with Crippen LogP contribution in [0.3, 0.4) is 0 Å². The van der Waals surface area contributed by atoms with Crippen molar-refractivity contribution in [3.05, 3.63) is 70.7 Å². The van der Waals surface area contributed by atoms with Crippen LogP contribution in [-0.2, 0) is 0 Å². The number of hydrogen-bond donors (Lipinski definition) is 0. The normalized spacial score (nSPS) is 11.5. The molecule has 3 heteroatoms. The highest BCUT2D eigenvalue weighted by Gasteiger charge is 2.07. The van der Waals surface area contributed by atoms with Gasteiger partial charge in [-0.05, 0) is 31.2 Å². The second-order valence-corrected chi connectivity index (χ2v) is 3.80. The van der Waals surface area contributed by atoms with Crippen LogP contribution >= 0.6 is 0 Å². The summed E-state index contributed by atoms with van der Waals surface area (Å²) in [4.78, 5) is 0. The van der Waals surface area contributed by atoms with E-state index in [2.05, 4.69) is 0 Å². The number of hydrogen-bond acceptors (Lipinski definition) is 1. The van der Waals surface area contributed by atoms with Gasteiger partial charge in [0, 0.05) is 17.2 Å². The van der Waals surface area contributed by atoms with Crippen molar-refractivity contribution in [1.82, 2.24) is 0 Å². The second kappa shape index (κ2) is 4.78. The average Bonchev–Trinajstić information content (AvgIpc) is 2.30. The Balaban J connectivity index is 2.37. The second-order valence-electron chi connectivity index (χ2n) is 3.80. The number of nitrogens with zero attached hydrogens (tertiary/aromatic N) is 1. The molecule has 86 valence electrons. The lowest BCUT2D eigenvalue weighted by Gasteiger charge is -2.05. The Morgan fingerprint density at radius 3 is 2.47 bits per heavy atom. The minimum Gasteiger partial charge on any atom is -0.618 e. The molecule has 0 unspecified atom stereocenters. The zero-order valence-corrected chi connectivity index (χ0v) is 9.43. The van der Waals surface area contributed by atoms with Gasteiger partial charge in [-0.25, -0.2) is 4.39 Å². The van der Waals surface area contributed by atoms with Crippen LogP contribution in [0.4, 0.5) is 10.1 Å². The summed E-state index contributed by atoms with van der Waals surface area (Å²) in [6, 6.07) is 13.4. The lowest BCUT2D eigenvalue weighted by Crippen LogP contribution is -2.00. The smallest absolute Gasteiger partial charge is 0.219 e. The molecule has 2 nitrogen and oxygen atoms in total. The van der Waals surface area contributed by atoms with Crippen molar-refractivity contribution in [2.75, 3.05) is 0 Å². The predicted octanol–water partition coefficient (Wildman–Crippen LogP) is 3.40. The maximum Gasteiger partial charge on any atom is 0.219 e. The van der Waals surface area contributed by atoms with Gasteiger partial charge in [0.2, 0.25) is 5.69 Å². The van der Waals surface area contributed by atoms with Gasteiger partial charge in [-0.15, -0.1) is 0 Å². The molecule has 0 spiro atoms. The zero-order chi connectivity index (χ0) is 12.3. The van der Waals surface area contributed by atoms with Crippen molar-refractivity contribution < 1.29 is 9.13 Å². The largest absolute Gasteiger partial charge is 0.618 e. The molecule has 17 heavy (non-hydrogen) atoms. The molecule has 0 fully saturated rings. The summed E-state index contributed by atoms with van der Waals surface area (Å²) in [5, 5.41) is 11.9. The standard InChI is InChI=1S/C14H12FNO/c1-11-9-13(15)7-8-14(11)16(17)10-12-5-3-2-4-6-12/h2-10H,1H3. The highest BCUT2D eigenvalue weighted by Crippen LogP contribution is 2.18. The van der Waals surface area contributed by atoms with Gasteiger partial charge in [-0.3, -0.25) is 0 Å². The SMILES string of the molecule is Cc1cc(F)ccc1[N+]([O-])=Cc1ccccc1. The molecule has 0 heterocycles. The predicted molar refractivity (Wildman–Crippen MR) is 66.0 cm³/mol. The molecule has 2 aromatic rings. The van der Waals surface area contributed by atoms with E-state index < -0.39 is 0 Å². The quantitative estimate of drug-likeness (QED) is 0.335. The first kappa shape index (κ1) is 11.3. The highest BCUT2D eigenvalue weighted by molar-refractivity contribution is 5.76. The minimum absolute atomic E-state index is 0.334. The Labute approximate surface area is 99.2 Å². The molecule has 0 saturated heterocycles. The van der Waals surface area contributed by atoms with E-state index >= 15 is 0 Å². The van der Waals surface area contributed by atoms with E-state index in [1.807, 2.05) is 30.3 Å². The molecule has 0 aliphatic carbocycles. The van der Waals surface area contributed by atoms with Gasteiger partial charge in [0.1, 0.15) is 5.82 Å². The van der Waals surface area contributed by atoms with Gasteiger partial charge in [0.15, 0.2) is 6.21 Å². The van der Waals surface area contributed by atoms with Crippen molar-refractivity contribution in [2.24, 2.45) is 0 Å². The molecule has 0 aliphatic rings. The molecule has 0 atom stereocenters. The number of halogens is 1. The Kier molecular flexibility index (Phi) is 3.19. The number of rotatable bonds is 2. The fourth-order valence-electron chi connectivity index (χ4n) is 1.61. The third-order valence-corrected chi connectivity index (χ3v) is 2.46. The zero-order valence-electron chi connectivity index (χ0n) is 9.43. The number of benzene rings is 2. The fourth-order valence-corrected chi connectivity index (χ4v) is 1.61. The van der Waals surface area contributed by atoms with Crippen LogP contribution in [0.15, 0.2) is 48.5 Å². The van der Waals surface area contributed by atoms with Crippen LogP contribution in [0.5, 0.6) is 0 Å². The van der Waals surface area contributed by atoms with Gasteiger partial charge < -0.3 is 5.21 Å². The highest BCUT2D eigenvalue weighted by atomic mass is 19.1. The Hall–Kier alpha value is -2.16. The van der Waals surface area contributed by atoms with Gasteiger partial charge in [-0.1, -0.05) is 18.2 Å². The summed E-state index contributed by atoms with van der Waals surface area (Å²) >= 11 is 0. The van der Waals surface area contributed by atoms with Gasteiger partial charge in [0.05, 0.1) is 0 Å². The molecule has 0 bridgehead atoms. The fraction of sp³-hybridized carbons (Fsp3) is 0.0714. The van der Waals surface area contributed by atoms with E-state index in [4.69, 9.17) is 0 Å². The Morgan fingerprint density at radius 1 is 1.12 bits per heavy atom. The molecule has 2 aromatic carbocycles. The van der Waals surface area contributed by atoms with Crippen LogP contribution < -0.4 is 0 Å². The first-order valence-electron chi connectivity index (χ1n) is 5.29. The van der Waals surface area contributed by atoms with Gasteiger partial charge in [-0.2, -0.15) is 4.74 Å². The summed E-state index contributed by atoms with van der Waals surface area (Å²) in [6.07, 6.45) is 1.47. The molecular formula is C14H12FNO. The van der Waals surface area contributed by atoms with Crippen LogP contribution in [0.1, 0.15) is 11.1 Å². The minimum atomic E-state index is -0.334. The van der Waals surface area contributed by atoms with E-state index in [1.54, 1.807) is 6.92 Å². The molecular weight excluding hydrogens is 217 g/mol. The lowest BCUT2D eigenvalue weighted by atomic mass is 10.2. The van der Waals surface area contributed by atoms with Crippen LogP contribution in [0.2, 0.25) is 0 Å². The third-order valence-electron chi connectivity index (χ3n) is 2.46. The van der Waals surface area contributed by atoms with E-state index in [-0.39, 0.29) is 5.82 Å².